The van der Waals surface area contributed by atoms with E-state index in [1.165, 1.54) is 0 Å². The number of benzene rings is 1. The second-order valence-electron chi connectivity index (χ2n) is 3.48. The molecule has 0 saturated carbocycles. The van der Waals surface area contributed by atoms with Gasteiger partial charge in [-0.15, -0.1) is 0 Å². The van der Waals surface area contributed by atoms with Crippen LogP contribution in [0.3, 0.4) is 0 Å². The highest BCUT2D eigenvalue weighted by molar-refractivity contribution is 6.33. The molecule has 0 amide bonds. The molecule has 0 bridgehead atoms. The Labute approximate surface area is 103 Å². The maximum absolute atomic E-state index is 13.4. The number of halogens is 2. The van der Waals surface area contributed by atoms with Crippen LogP contribution in [0.2, 0.25) is 5.02 Å². The number of hydrogen-bond donors (Lipinski definition) is 2. The lowest BCUT2D eigenvalue weighted by Crippen LogP contribution is -2.03. The molecule has 88 valence electrons. The number of nitrogen functional groups attached to an aromatic ring is 1. The van der Waals surface area contributed by atoms with Gasteiger partial charge in [0.15, 0.2) is 11.6 Å². The van der Waals surface area contributed by atoms with Gasteiger partial charge < -0.3 is 11.1 Å². The van der Waals surface area contributed by atoms with Crippen molar-refractivity contribution in [3.8, 4) is 0 Å². The van der Waals surface area contributed by atoms with Gasteiger partial charge in [-0.2, -0.15) is 4.98 Å². The number of anilines is 3. The molecule has 3 N–H and O–H groups in total. The minimum absolute atomic E-state index is 0.00129. The van der Waals surface area contributed by atoms with Crippen molar-refractivity contribution in [1.29, 1.82) is 0 Å². The summed E-state index contributed by atoms with van der Waals surface area (Å²) in [4.78, 5) is 7.32. The van der Waals surface area contributed by atoms with Crippen LogP contribution in [0.25, 0.3) is 0 Å². The predicted molar refractivity (Wildman–Crippen MR) is 65.9 cm³/mol. The maximum Gasteiger partial charge on any atom is 0.222 e. The van der Waals surface area contributed by atoms with E-state index in [0.29, 0.717) is 10.7 Å². The molecule has 2 aromatic rings. The third-order valence-corrected chi connectivity index (χ3v) is 2.54. The van der Waals surface area contributed by atoms with Crippen molar-refractivity contribution in [3.05, 3.63) is 40.8 Å². The summed E-state index contributed by atoms with van der Waals surface area (Å²) in [6, 6.07) is 5.38. The molecule has 1 aromatic heterocycles. The lowest BCUT2D eigenvalue weighted by atomic mass is 10.2. The topological polar surface area (TPSA) is 63.8 Å². The monoisotopic (exact) mass is 252 g/mol. The van der Waals surface area contributed by atoms with Crippen molar-refractivity contribution < 1.29 is 4.39 Å². The first kappa shape index (κ1) is 11.6. The molecule has 0 aliphatic carbocycles. The number of nitrogens with two attached hydrogens (primary N) is 1. The fourth-order valence-electron chi connectivity index (χ4n) is 1.38. The number of nitrogens with one attached hydrogen (secondary N) is 1. The zero-order chi connectivity index (χ0) is 12.4. The van der Waals surface area contributed by atoms with Crippen molar-refractivity contribution >= 4 is 29.1 Å². The van der Waals surface area contributed by atoms with E-state index in [9.17, 15) is 4.39 Å². The minimum Gasteiger partial charge on any atom is -0.368 e. The molecule has 0 fully saturated rings. The maximum atomic E-state index is 13.4. The number of aryl methyl sites for hydroxylation is 1. The molecular formula is C11H10ClFN4. The van der Waals surface area contributed by atoms with Crippen molar-refractivity contribution in [1.82, 2.24) is 9.97 Å². The second-order valence-corrected chi connectivity index (χ2v) is 3.89. The Balaban J connectivity index is 2.41. The zero-order valence-corrected chi connectivity index (χ0v) is 9.79. The summed E-state index contributed by atoms with van der Waals surface area (Å²) in [6.45, 7) is 1.86. The largest absolute Gasteiger partial charge is 0.368 e. The minimum atomic E-state index is -0.585. The summed E-state index contributed by atoms with van der Waals surface area (Å²) >= 11 is 6.01. The highest BCUT2D eigenvalue weighted by Crippen LogP contribution is 2.28. The smallest absolute Gasteiger partial charge is 0.222 e. The Bertz CT molecular complexity index is 539. The van der Waals surface area contributed by atoms with E-state index in [2.05, 4.69) is 15.3 Å². The number of para-hydroxylation sites is 1. The average molecular weight is 253 g/mol. The van der Waals surface area contributed by atoms with Gasteiger partial charge in [0.25, 0.3) is 0 Å². The van der Waals surface area contributed by atoms with Gasteiger partial charge in [-0.25, -0.2) is 9.37 Å². The summed E-state index contributed by atoms with van der Waals surface area (Å²) in [5.74, 6) is -0.578. The Hall–Kier alpha value is -1.88. The van der Waals surface area contributed by atoms with Crippen molar-refractivity contribution in [3.63, 3.8) is 0 Å². The molecule has 4 nitrogen and oxygen atoms in total. The van der Waals surface area contributed by atoms with E-state index in [-0.39, 0.29) is 11.8 Å². The molecule has 0 atom stereocenters. The Morgan fingerprint density at radius 1 is 1.41 bits per heavy atom. The Morgan fingerprint density at radius 3 is 2.88 bits per heavy atom. The van der Waals surface area contributed by atoms with E-state index in [0.717, 1.165) is 11.8 Å². The highest BCUT2D eigenvalue weighted by atomic mass is 35.5. The third-order valence-electron chi connectivity index (χ3n) is 2.23. The Morgan fingerprint density at radius 2 is 2.18 bits per heavy atom. The average Bonchev–Trinajstić information content (AvgIpc) is 2.28. The molecule has 2 rings (SSSR count). The predicted octanol–water partition coefficient (Wildman–Crippen LogP) is 2.90. The first-order valence-electron chi connectivity index (χ1n) is 4.88. The van der Waals surface area contributed by atoms with Gasteiger partial charge in [0.2, 0.25) is 5.95 Å². The lowest BCUT2D eigenvalue weighted by Gasteiger charge is -2.11. The molecule has 0 aliphatic rings. The summed E-state index contributed by atoms with van der Waals surface area (Å²) < 4.78 is 13.4. The molecule has 0 radical (unpaired) electrons. The van der Waals surface area contributed by atoms with E-state index in [1.54, 1.807) is 6.07 Å². The van der Waals surface area contributed by atoms with Gasteiger partial charge in [0.05, 0.1) is 16.9 Å². The zero-order valence-electron chi connectivity index (χ0n) is 9.04. The summed E-state index contributed by atoms with van der Waals surface area (Å²) in [5.41, 5.74) is 6.88. The number of rotatable bonds is 2. The molecule has 0 unspecified atom stereocenters. The van der Waals surface area contributed by atoms with Crippen molar-refractivity contribution in [2.75, 3.05) is 11.1 Å². The fourth-order valence-corrected chi connectivity index (χ4v) is 1.65. The standard InChI is InChI=1S/C11H10ClFN4/c1-6-3-2-4-7(12)9(6)16-10-8(13)5-15-11(14)17-10/h2-5H,1H3,(H3,14,15,16,17). The van der Waals surface area contributed by atoms with Crippen LogP contribution in [-0.2, 0) is 0 Å². The third kappa shape index (κ3) is 2.45. The molecule has 0 aliphatic heterocycles. The summed E-state index contributed by atoms with van der Waals surface area (Å²) in [7, 11) is 0. The van der Waals surface area contributed by atoms with Crippen LogP contribution >= 0.6 is 11.6 Å². The molecule has 0 spiro atoms. The van der Waals surface area contributed by atoms with Gasteiger partial charge >= 0.3 is 0 Å². The molecular weight excluding hydrogens is 243 g/mol. The molecule has 1 heterocycles. The van der Waals surface area contributed by atoms with Gasteiger partial charge in [-0.3, -0.25) is 0 Å². The summed E-state index contributed by atoms with van der Waals surface area (Å²) in [5, 5.41) is 3.30. The number of aromatic nitrogens is 2. The quantitative estimate of drug-likeness (QED) is 0.863. The molecule has 1 aromatic carbocycles. The van der Waals surface area contributed by atoms with E-state index in [4.69, 9.17) is 17.3 Å². The van der Waals surface area contributed by atoms with Crippen molar-refractivity contribution in [2.45, 2.75) is 6.92 Å². The Kier molecular flexibility index (Phi) is 3.10. The first-order chi connectivity index (χ1) is 8.08. The van der Waals surface area contributed by atoms with E-state index < -0.39 is 5.82 Å². The van der Waals surface area contributed by atoms with Crippen LogP contribution < -0.4 is 11.1 Å². The number of nitrogens with zero attached hydrogens (tertiary/aromatic N) is 2. The summed E-state index contributed by atoms with van der Waals surface area (Å²) in [6.07, 6.45) is 1.01. The van der Waals surface area contributed by atoms with Crippen LogP contribution in [0.1, 0.15) is 5.56 Å². The first-order valence-corrected chi connectivity index (χ1v) is 5.26. The lowest BCUT2D eigenvalue weighted by molar-refractivity contribution is 0.620. The van der Waals surface area contributed by atoms with Gasteiger partial charge in [0, 0.05) is 0 Å². The molecule has 17 heavy (non-hydrogen) atoms. The van der Waals surface area contributed by atoms with Gasteiger partial charge in [0.1, 0.15) is 0 Å². The van der Waals surface area contributed by atoms with Crippen molar-refractivity contribution in [2.24, 2.45) is 0 Å². The van der Waals surface area contributed by atoms with Crippen LogP contribution in [0.5, 0.6) is 0 Å². The van der Waals surface area contributed by atoms with Crippen LogP contribution in [0, 0.1) is 12.7 Å². The molecule has 6 heteroatoms. The van der Waals surface area contributed by atoms with E-state index in [1.807, 2.05) is 19.1 Å². The van der Waals surface area contributed by atoms with Crippen LogP contribution in [0.15, 0.2) is 24.4 Å². The van der Waals surface area contributed by atoms with Crippen LogP contribution in [-0.4, -0.2) is 9.97 Å². The van der Waals surface area contributed by atoms with Gasteiger partial charge in [-0.05, 0) is 18.6 Å². The number of hydrogen-bond acceptors (Lipinski definition) is 4. The normalized spacial score (nSPS) is 10.3. The van der Waals surface area contributed by atoms with E-state index >= 15 is 0 Å². The highest BCUT2D eigenvalue weighted by Gasteiger charge is 2.09. The fraction of sp³-hybridized carbons (Fsp3) is 0.0909. The van der Waals surface area contributed by atoms with Gasteiger partial charge in [-0.1, -0.05) is 23.7 Å². The molecule has 0 saturated heterocycles. The second kappa shape index (κ2) is 4.55. The van der Waals surface area contributed by atoms with Crippen LogP contribution in [0.4, 0.5) is 21.8 Å². The SMILES string of the molecule is Cc1cccc(Cl)c1Nc1nc(N)ncc1F.